The summed E-state index contributed by atoms with van der Waals surface area (Å²) in [7, 11) is 1.13. The topological polar surface area (TPSA) is 55.6 Å². The molecule has 1 aromatic carbocycles. The fourth-order valence-corrected chi connectivity index (χ4v) is 2.72. The molecule has 116 valence electrons. The number of carbonyl (C=O) groups excluding carboxylic acids is 1. The molecule has 4 nitrogen and oxygen atoms in total. The van der Waals surface area contributed by atoms with E-state index in [9.17, 15) is 13.6 Å². The van der Waals surface area contributed by atoms with Crippen molar-refractivity contribution in [1.29, 1.82) is 0 Å². The van der Waals surface area contributed by atoms with Crippen LogP contribution in [-0.4, -0.2) is 32.2 Å². The molecule has 0 amide bonds. The number of nitrogens with zero attached hydrogens (tertiary/aromatic N) is 1. The molecule has 21 heavy (non-hydrogen) atoms. The maximum absolute atomic E-state index is 14.1. The van der Waals surface area contributed by atoms with Gasteiger partial charge in [-0.1, -0.05) is 0 Å². The normalized spacial score (nSPS) is 17.7. The molecule has 0 aromatic heterocycles. The van der Waals surface area contributed by atoms with Crippen LogP contribution in [0.4, 0.5) is 14.5 Å². The van der Waals surface area contributed by atoms with Crippen LogP contribution in [0.5, 0.6) is 0 Å². The summed E-state index contributed by atoms with van der Waals surface area (Å²) in [5, 5.41) is 0. The third-order valence-electron chi connectivity index (χ3n) is 4.09. The fraction of sp³-hybridized carbons (Fsp3) is 0.533. The molecule has 0 saturated carbocycles. The molecule has 1 aliphatic heterocycles. The zero-order valence-electron chi connectivity index (χ0n) is 12.2. The number of nitrogens with two attached hydrogens (primary N) is 1. The van der Waals surface area contributed by atoms with Gasteiger partial charge in [0, 0.05) is 19.1 Å². The Morgan fingerprint density at radius 1 is 1.33 bits per heavy atom. The highest BCUT2D eigenvalue weighted by molar-refractivity contribution is 5.90. The first-order valence-corrected chi connectivity index (χ1v) is 7.02. The van der Waals surface area contributed by atoms with Gasteiger partial charge in [-0.25, -0.2) is 13.6 Å². The number of methoxy groups -OCH3 is 1. The van der Waals surface area contributed by atoms with Gasteiger partial charge in [-0.15, -0.1) is 0 Å². The van der Waals surface area contributed by atoms with Crippen molar-refractivity contribution < 1.29 is 18.3 Å². The average molecular weight is 298 g/mol. The van der Waals surface area contributed by atoms with Crippen molar-refractivity contribution in [3.8, 4) is 0 Å². The van der Waals surface area contributed by atoms with Crippen LogP contribution in [0.25, 0.3) is 0 Å². The predicted octanol–water partition coefficient (Wildman–Crippen LogP) is 2.32. The van der Waals surface area contributed by atoms with E-state index in [0.717, 1.165) is 20.0 Å². The third-order valence-corrected chi connectivity index (χ3v) is 4.09. The number of esters is 1. The van der Waals surface area contributed by atoms with Crippen molar-refractivity contribution in [3.63, 3.8) is 0 Å². The van der Waals surface area contributed by atoms with E-state index in [1.807, 2.05) is 6.92 Å². The number of benzene rings is 1. The molecule has 0 aliphatic carbocycles. The molecular weight excluding hydrogens is 278 g/mol. The number of ether oxygens (including phenoxy) is 1. The number of halogens is 2. The molecule has 0 spiro atoms. The summed E-state index contributed by atoms with van der Waals surface area (Å²) >= 11 is 0. The molecule has 1 unspecified atom stereocenters. The first-order valence-electron chi connectivity index (χ1n) is 7.02. The summed E-state index contributed by atoms with van der Waals surface area (Å²) in [5.41, 5.74) is 5.67. The zero-order valence-corrected chi connectivity index (χ0v) is 12.2. The van der Waals surface area contributed by atoms with Gasteiger partial charge in [0.1, 0.15) is 0 Å². The van der Waals surface area contributed by atoms with Gasteiger partial charge in [0.2, 0.25) is 0 Å². The summed E-state index contributed by atoms with van der Waals surface area (Å²) in [6.07, 6.45) is 1.69. The van der Waals surface area contributed by atoms with Gasteiger partial charge >= 0.3 is 5.97 Å². The van der Waals surface area contributed by atoms with Crippen LogP contribution < -0.4 is 10.6 Å². The van der Waals surface area contributed by atoms with E-state index in [0.29, 0.717) is 19.0 Å². The highest BCUT2D eigenvalue weighted by atomic mass is 19.2. The summed E-state index contributed by atoms with van der Waals surface area (Å²) in [6.45, 7) is 3.21. The third kappa shape index (κ3) is 3.15. The largest absolute Gasteiger partial charge is 0.465 e. The van der Waals surface area contributed by atoms with Gasteiger partial charge in [0.25, 0.3) is 0 Å². The van der Waals surface area contributed by atoms with E-state index >= 15 is 0 Å². The van der Waals surface area contributed by atoms with Gasteiger partial charge in [-0.2, -0.15) is 0 Å². The lowest BCUT2D eigenvalue weighted by Crippen LogP contribution is -2.40. The van der Waals surface area contributed by atoms with Crippen LogP contribution >= 0.6 is 0 Å². The average Bonchev–Trinajstić information content (AvgIpc) is 2.49. The maximum atomic E-state index is 14.1. The molecule has 0 bridgehead atoms. The van der Waals surface area contributed by atoms with E-state index in [1.54, 1.807) is 4.90 Å². The number of piperidine rings is 1. The van der Waals surface area contributed by atoms with Crippen LogP contribution in [0.3, 0.4) is 0 Å². The van der Waals surface area contributed by atoms with Crippen LogP contribution in [0.1, 0.15) is 30.1 Å². The second-order valence-corrected chi connectivity index (χ2v) is 5.44. The predicted molar refractivity (Wildman–Crippen MR) is 76.3 cm³/mol. The minimum absolute atomic E-state index is 0.107. The van der Waals surface area contributed by atoms with E-state index in [1.165, 1.54) is 12.1 Å². The van der Waals surface area contributed by atoms with Gasteiger partial charge in [0.05, 0.1) is 18.4 Å². The lowest BCUT2D eigenvalue weighted by atomic mass is 9.90. The Bertz CT molecular complexity index is 527. The summed E-state index contributed by atoms with van der Waals surface area (Å²) in [6, 6.07) is 2.80. The van der Waals surface area contributed by atoms with Crippen LogP contribution in [0.2, 0.25) is 0 Å². The van der Waals surface area contributed by atoms with Crippen molar-refractivity contribution in [3.05, 3.63) is 29.3 Å². The molecular formula is C15H20F2N2O2. The number of rotatable bonds is 3. The Kier molecular flexibility index (Phi) is 4.77. The van der Waals surface area contributed by atoms with Crippen molar-refractivity contribution in [2.24, 2.45) is 11.7 Å². The molecule has 1 aromatic rings. The molecule has 1 fully saturated rings. The smallest absolute Gasteiger partial charge is 0.340 e. The number of carbonyl (C=O) groups is 1. The number of anilines is 1. The molecule has 2 N–H and O–H groups in total. The van der Waals surface area contributed by atoms with Gasteiger partial charge in [0.15, 0.2) is 11.6 Å². The Labute approximate surface area is 122 Å². The quantitative estimate of drug-likeness (QED) is 0.870. The Hall–Kier alpha value is -1.69. The standard InChI is InChI=1S/C15H20F2N2O2/c1-9(18)10-5-7-19(8-6-10)12-4-3-11(15(20)21-2)13(16)14(12)17/h3-4,9-10H,5-8,18H2,1-2H3. The molecule has 6 heteroatoms. The van der Waals surface area contributed by atoms with E-state index in [2.05, 4.69) is 4.74 Å². The van der Waals surface area contributed by atoms with Gasteiger partial charge in [-0.05, 0) is 37.8 Å². The monoisotopic (exact) mass is 298 g/mol. The zero-order chi connectivity index (χ0) is 15.6. The molecule has 1 atom stereocenters. The van der Waals surface area contributed by atoms with E-state index < -0.39 is 17.6 Å². The Morgan fingerprint density at radius 3 is 2.48 bits per heavy atom. The van der Waals surface area contributed by atoms with Crippen molar-refractivity contribution in [2.75, 3.05) is 25.1 Å². The maximum Gasteiger partial charge on any atom is 0.340 e. The SMILES string of the molecule is COC(=O)c1ccc(N2CCC(C(C)N)CC2)c(F)c1F. The fourth-order valence-electron chi connectivity index (χ4n) is 2.72. The lowest BCUT2D eigenvalue weighted by molar-refractivity contribution is 0.0594. The molecule has 0 radical (unpaired) electrons. The minimum atomic E-state index is -1.16. The highest BCUT2D eigenvalue weighted by Crippen LogP contribution is 2.29. The summed E-state index contributed by atoms with van der Waals surface area (Å²) in [4.78, 5) is 13.1. The first-order chi connectivity index (χ1) is 9.95. The van der Waals surface area contributed by atoms with Gasteiger partial charge < -0.3 is 15.4 Å². The van der Waals surface area contributed by atoms with Crippen LogP contribution in [-0.2, 0) is 4.74 Å². The van der Waals surface area contributed by atoms with Crippen molar-refractivity contribution in [1.82, 2.24) is 0 Å². The molecule has 2 rings (SSSR count). The summed E-state index contributed by atoms with van der Waals surface area (Å²) in [5.74, 6) is -2.64. The minimum Gasteiger partial charge on any atom is -0.465 e. The van der Waals surface area contributed by atoms with Crippen LogP contribution in [0.15, 0.2) is 12.1 Å². The molecule has 1 saturated heterocycles. The van der Waals surface area contributed by atoms with E-state index in [-0.39, 0.29) is 17.3 Å². The first kappa shape index (κ1) is 15.7. The molecule has 1 aliphatic rings. The van der Waals surface area contributed by atoms with Crippen molar-refractivity contribution >= 4 is 11.7 Å². The lowest BCUT2D eigenvalue weighted by Gasteiger charge is -2.35. The van der Waals surface area contributed by atoms with Gasteiger partial charge in [-0.3, -0.25) is 0 Å². The Morgan fingerprint density at radius 2 is 1.95 bits per heavy atom. The number of hydrogen-bond donors (Lipinski definition) is 1. The molecule has 1 heterocycles. The van der Waals surface area contributed by atoms with Crippen molar-refractivity contribution in [2.45, 2.75) is 25.8 Å². The summed E-state index contributed by atoms with van der Waals surface area (Å²) < 4.78 is 32.5. The second kappa shape index (κ2) is 6.39. The van der Waals surface area contributed by atoms with Crippen LogP contribution in [0, 0.1) is 17.6 Å². The second-order valence-electron chi connectivity index (χ2n) is 5.44. The Balaban J connectivity index is 2.19. The van der Waals surface area contributed by atoms with E-state index in [4.69, 9.17) is 5.73 Å². The highest BCUT2D eigenvalue weighted by Gasteiger charge is 2.26. The number of hydrogen-bond acceptors (Lipinski definition) is 4.